The number of unbranched alkanes of at least 4 members (excludes halogenated alkanes) is 24. The molecule has 0 heterocycles. The molecule has 0 saturated heterocycles. The van der Waals surface area contributed by atoms with Crippen LogP contribution in [0.4, 0.5) is 0 Å². The molecule has 0 fully saturated rings. The summed E-state index contributed by atoms with van der Waals surface area (Å²) in [5.74, 6) is -0.773. The van der Waals surface area contributed by atoms with Crippen molar-refractivity contribution in [2.75, 3.05) is 80.1 Å². The zero-order valence-corrected chi connectivity index (χ0v) is 46.0. The first kappa shape index (κ1) is 66.5. The predicted molar refractivity (Wildman–Crippen MR) is 288 cm³/mol. The molecule has 69 heavy (non-hydrogen) atoms. The van der Waals surface area contributed by atoms with Crippen LogP contribution >= 0.6 is 0 Å². The molecule has 0 saturated carbocycles. The molecular weight excluding hydrogens is 867 g/mol. The zero-order chi connectivity index (χ0) is 50.6. The molecule has 0 aliphatic rings. The van der Waals surface area contributed by atoms with Crippen molar-refractivity contribution in [3.63, 3.8) is 0 Å². The largest absolute Gasteiger partial charge is 0.466 e. The number of hydrogen-bond acceptors (Lipinski definition) is 9. The van der Waals surface area contributed by atoms with Gasteiger partial charge in [0.1, 0.15) is 19.8 Å². The van der Waals surface area contributed by atoms with Crippen LogP contribution in [-0.4, -0.2) is 108 Å². The van der Waals surface area contributed by atoms with E-state index in [1.165, 1.54) is 135 Å². The summed E-state index contributed by atoms with van der Waals surface area (Å²) in [5.41, 5.74) is -0.672. The van der Waals surface area contributed by atoms with Crippen molar-refractivity contribution < 1.29 is 47.3 Å². The number of rotatable bonds is 53. The molecule has 0 aliphatic heterocycles. The van der Waals surface area contributed by atoms with Gasteiger partial charge in [0.25, 0.3) is 0 Å². The van der Waals surface area contributed by atoms with Crippen LogP contribution in [0.5, 0.6) is 0 Å². The van der Waals surface area contributed by atoms with Gasteiger partial charge in [-0.3, -0.25) is 14.4 Å². The van der Waals surface area contributed by atoms with Gasteiger partial charge in [-0.15, -0.1) is 0 Å². The number of esters is 3. The molecule has 0 amide bonds. The van der Waals surface area contributed by atoms with Crippen LogP contribution in [0.2, 0.25) is 0 Å². The van der Waals surface area contributed by atoms with Crippen molar-refractivity contribution in [2.45, 2.75) is 245 Å². The fourth-order valence-corrected chi connectivity index (χ4v) is 7.90. The van der Waals surface area contributed by atoms with Gasteiger partial charge in [0.15, 0.2) is 5.54 Å². The van der Waals surface area contributed by atoms with Gasteiger partial charge < -0.3 is 32.9 Å². The summed E-state index contributed by atoms with van der Waals surface area (Å²) in [7, 11) is 4.21. The second-order valence-corrected chi connectivity index (χ2v) is 19.9. The molecule has 0 unspecified atom stereocenters. The topological polar surface area (TPSA) is 107 Å². The quantitative estimate of drug-likeness (QED) is 0.0194. The first-order chi connectivity index (χ1) is 33.7. The second-order valence-electron chi connectivity index (χ2n) is 19.9. The van der Waals surface area contributed by atoms with Crippen molar-refractivity contribution in [3.05, 3.63) is 36.5 Å². The lowest BCUT2D eigenvalue weighted by molar-refractivity contribution is -0.942. The van der Waals surface area contributed by atoms with Gasteiger partial charge in [-0.1, -0.05) is 173 Å². The van der Waals surface area contributed by atoms with Crippen LogP contribution in [-0.2, 0) is 42.8 Å². The molecule has 0 rings (SSSR count). The van der Waals surface area contributed by atoms with Crippen molar-refractivity contribution >= 4 is 17.9 Å². The van der Waals surface area contributed by atoms with E-state index in [1.807, 2.05) is 0 Å². The number of quaternary nitrogens is 1. The lowest BCUT2D eigenvalue weighted by Crippen LogP contribution is -2.67. The normalized spacial score (nSPS) is 12.3. The van der Waals surface area contributed by atoms with Crippen molar-refractivity contribution in [1.82, 2.24) is 0 Å². The van der Waals surface area contributed by atoms with Gasteiger partial charge in [-0.25, -0.2) is 0 Å². The Morgan fingerprint density at radius 1 is 0.348 bits per heavy atom. The third-order valence-corrected chi connectivity index (χ3v) is 13.3. The van der Waals surface area contributed by atoms with Gasteiger partial charge in [0.05, 0.1) is 79.5 Å². The van der Waals surface area contributed by atoms with Gasteiger partial charge in [-0.2, -0.15) is 0 Å². The van der Waals surface area contributed by atoms with E-state index in [-0.39, 0.29) is 76.8 Å². The van der Waals surface area contributed by atoms with Crippen molar-refractivity contribution in [3.8, 4) is 0 Å². The van der Waals surface area contributed by atoms with Crippen LogP contribution in [0.3, 0.4) is 0 Å². The smallest absolute Gasteiger partial charge is 0.308 e. The Hall–Kier alpha value is -2.53. The summed E-state index contributed by atoms with van der Waals surface area (Å²) in [4.78, 5) is 37.9. The van der Waals surface area contributed by atoms with Crippen LogP contribution in [0.1, 0.15) is 240 Å². The van der Waals surface area contributed by atoms with Crippen LogP contribution in [0.15, 0.2) is 36.5 Å². The minimum atomic E-state index is -0.672. The van der Waals surface area contributed by atoms with E-state index < -0.39 is 5.54 Å². The Morgan fingerprint density at radius 3 is 0.855 bits per heavy atom. The van der Waals surface area contributed by atoms with Crippen LogP contribution in [0.25, 0.3) is 0 Å². The van der Waals surface area contributed by atoms with Gasteiger partial charge in [-0.05, 0) is 84.0 Å². The molecule has 0 aromatic carbocycles. The third kappa shape index (κ3) is 42.8. The van der Waals surface area contributed by atoms with Crippen molar-refractivity contribution in [2.24, 2.45) is 0 Å². The molecule has 0 spiro atoms. The first-order valence-corrected chi connectivity index (χ1v) is 28.7. The second kappa shape index (κ2) is 50.4. The Morgan fingerprint density at radius 2 is 0.594 bits per heavy atom. The maximum absolute atomic E-state index is 12.6. The van der Waals surface area contributed by atoms with Crippen LogP contribution < -0.4 is 0 Å². The molecule has 0 aromatic rings. The molecule has 10 heteroatoms. The number of hydrogen-bond donors (Lipinski definition) is 0. The Balaban J connectivity index is 4.87. The standard InChI is InChI=1S/C59H110NO9/c1-7-11-14-17-20-23-26-29-32-35-38-41-47-67-56(61)44-50-64-53-59(60(5,6)10-4,54-65-51-45-57(62)68-48-42-39-36-33-30-27-24-21-18-15-12-8-2)55-66-52-46-58(63)69-49-43-40-37-34-31-28-25-22-19-16-13-9-3/h17-22H,7-16,23-55H2,1-6H3/q+1/b20-17-,21-18-,22-19-. The maximum atomic E-state index is 12.6. The third-order valence-electron chi connectivity index (χ3n) is 13.3. The van der Waals surface area contributed by atoms with E-state index in [9.17, 15) is 14.4 Å². The van der Waals surface area contributed by atoms with E-state index in [0.717, 1.165) is 64.3 Å². The fourth-order valence-electron chi connectivity index (χ4n) is 7.90. The molecule has 0 bridgehead atoms. The highest BCUT2D eigenvalue weighted by molar-refractivity contribution is 5.70. The molecule has 0 aromatic heterocycles. The summed E-state index contributed by atoms with van der Waals surface area (Å²) in [6.07, 6.45) is 49.5. The predicted octanol–water partition coefficient (Wildman–Crippen LogP) is 15.1. The number of carbonyl (C=O) groups excluding carboxylic acids is 3. The van der Waals surface area contributed by atoms with E-state index in [2.05, 4.69) is 78.2 Å². The fraction of sp³-hybridized carbons (Fsp3) is 0.847. The van der Waals surface area contributed by atoms with E-state index in [1.54, 1.807) is 0 Å². The number of allylic oxidation sites excluding steroid dienone is 6. The minimum absolute atomic E-state index is 0.161. The summed E-state index contributed by atoms with van der Waals surface area (Å²) in [6.45, 7) is 12.3. The first-order valence-electron chi connectivity index (χ1n) is 28.7. The van der Waals surface area contributed by atoms with E-state index in [0.29, 0.717) is 24.3 Å². The summed E-state index contributed by atoms with van der Waals surface area (Å²) in [5, 5.41) is 0. The lowest BCUT2D eigenvalue weighted by Gasteiger charge is -2.47. The number of likely N-dealkylation sites (N-methyl/N-ethyl adjacent to an activating group) is 1. The van der Waals surface area contributed by atoms with Gasteiger partial charge in [0.2, 0.25) is 0 Å². The highest BCUT2D eigenvalue weighted by Crippen LogP contribution is 2.24. The molecule has 404 valence electrons. The molecule has 0 radical (unpaired) electrons. The molecule has 0 N–H and O–H groups in total. The van der Waals surface area contributed by atoms with E-state index in [4.69, 9.17) is 28.4 Å². The molecule has 0 atom stereocenters. The minimum Gasteiger partial charge on any atom is -0.466 e. The Kier molecular flexibility index (Phi) is 48.6. The SMILES string of the molecule is CCCC/C=C\CCCCCCCCOC(=O)CCOCC(COCCC(=O)OCCCCCCCC/C=C\CCCC)(COCCC(=O)OCCCCCCCC/C=C\CCCC)[N+](C)(C)CC. The van der Waals surface area contributed by atoms with Gasteiger partial charge >= 0.3 is 17.9 Å². The maximum Gasteiger partial charge on any atom is 0.308 e. The zero-order valence-electron chi connectivity index (χ0n) is 46.0. The lowest BCUT2D eigenvalue weighted by atomic mass is 9.97. The summed E-state index contributed by atoms with van der Waals surface area (Å²) < 4.78 is 35.8. The summed E-state index contributed by atoms with van der Waals surface area (Å²) in [6, 6.07) is 0. The number of carbonyl (C=O) groups is 3. The monoisotopic (exact) mass is 977 g/mol. The average molecular weight is 978 g/mol. The average Bonchev–Trinajstić information content (AvgIpc) is 3.34. The molecular formula is C59H110NO9+. The number of nitrogens with zero attached hydrogens (tertiary/aromatic N) is 1. The Bertz CT molecular complexity index is 1110. The number of ether oxygens (including phenoxy) is 6. The van der Waals surface area contributed by atoms with Crippen LogP contribution in [0, 0.1) is 0 Å². The molecule has 0 aliphatic carbocycles. The highest BCUT2D eigenvalue weighted by atomic mass is 16.5. The highest BCUT2D eigenvalue weighted by Gasteiger charge is 2.46. The van der Waals surface area contributed by atoms with Crippen molar-refractivity contribution in [1.29, 1.82) is 0 Å². The molecule has 10 nitrogen and oxygen atoms in total. The Labute approximate surface area is 425 Å². The summed E-state index contributed by atoms with van der Waals surface area (Å²) >= 11 is 0. The van der Waals surface area contributed by atoms with E-state index >= 15 is 0 Å². The van der Waals surface area contributed by atoms with Gasteiger partial charge in [0, 0.05) is 0 Å².